The molecule has 1 fully saturated rings. The molecule has 0 saturated carbocycles. The van der Waals surface area contributed by atoms with Crippen molar-refractivity contribution in [2.24, 2.45) is 5.92 Å². The molecule has 1 aromatic rings. The monoisotopic (exact) mass is 265 g/mol. The van der Waals surface area contributed by atoms with Crippen LogP contribution in [0.5, 0.6) is 0 Å². The van der Waals surface area contributed by atoms with E-state index >= 15 is 0 Å². The molecule has 0 radical (unpaired) electrons. The molecule has 2 atom stereocenters. The zero-order valence-corrected chi connectivity index (χ0v) is 11.6. The number of piperidine rings is 1. The van der Waals surface area contributed by atoms with E-state index in [0.29, 0.717) is 12.5 Å². The second kappa shape index (κ2) is 5.55. The fourth-order valence-electron chi connectivity index (χ4n) is 2.51. The Balaban J connectivity index is 2.28. The zero-order valence-electron chi connectivity index (χ0n) is 11.6. The number of nitrogens with one attached hydrogen (secondary N) is 1. The predicted octanol–water partition coefficient (Wildman–Crippen LogP) is 2.52. The Labute approximate surface area is 113 Å². The molecule has 104 valence electrons. The van der Waals surface area contributed by atoms with Crippen LogP contribution in [0.1, 0.15) is 37.0 Å². The van der Waals surface area contributed by atoms with Crippen molar-refractivity contribution in [2.75, 3.05) is 18.9 Å². The van der Waals surface area contributed by atoms with Crippen molar-refractivity contribution >= 4 is 11.7 Å². The third kappa shape index (κ3) is 2.69. The average molecular weight is 265 g/mol. The number of nitrogens with zero attached hydrogens (tertiary/aromatic N) is 2. The molecule has 0 bridgehead atoms. The molecule has 5 heteroatoms. The van der Waals surface area contributed by atoms with E-state index in [-0.39, 0.29) is 23.3 Å². The number of hydrogen-bond donors (Lipinski definition) is 1. The van der Waals surface area contributed by atoms with Gasteiger partial charge in [-0.05, 0) is 31.7 Å². The summed E-state index contributed by atoms with van der Waals surface area (Å²) in [4.78, 5) is 18.1. The van der Waals surface area contributed by atoms with E-state index in [4.69, 9.17) is 0 Å². The fraction of sp³-hybridized carbons (Fsp3) is 0.571. The molecule has 1 N–H and O–H groups in total. The minimum Gasteiger partial charge on any atom is -0.371 e. The van der Waals surface area contributed by atoms with E-state index in [2.05, 4.69) is 17.2 Å². The lowest BCUT2D eigenvalue weighted by atomic mass is 9.94. The number of carbonyl (C=O) groups is 1. The van der Waals surface area contributed by atoms with Gasteiger partial charge in [0.2, 0.25) is 0 Å². The number of anilines is 1. The van der Waals surface area contributed by atoms with Crippen LogP contribution in [-0.2, 0) is 0 Å². The van der Waals surface area contributed by atoms with Gasteiger partial charge in [-0.3, -0.25) is 4.79 Å². The number of aromatic nitrogens is 1. The molecular formula is C14H20FN3O. The maximum absolute atomic E-state index is 14.1. The van der Waals surface area contributed by atoms with Gasteiger partial charge >= 0.3 is 0 Å². The van der Waals surface area contributed by atoms with Crippen LogP contribution in [0.4, 0.5) is 10.2 Å². The Morgan fingerprint density at radius 3 is 2.89 bits per heavy atom. The van der Waals surface area contributed by atoms with Crippen molar-refractivity contribution in [3.8, 4) is 0 Å². The van der Waals surface area contributed by atoms with Gasteiger partial charge in [0.25, 0.3) is 5.91 Å². The summed E-state index contributed by atoms with van der Waals surface area (Å²) in [6, 6.07) is 1.61. The molecule has 1 saturated heterocycles. The molecule has 4 nitrogen and oxygen atoms in total. The van der Waals surface area contributed by atoms with Gasteiger partial charge in [-0.25, -0.2) is 9.37 Å². The number of halogens is 1. The third-order valence-electron chi connectivity index (χ3n) is 3.73. The molecule has 0 aromatic carbocycles. The molecule has 0 spiro atoms. The SMILES string of the molecule is CNc1nccc(C(=O)N2CC(C)CCC2C)c1F. The summed E-state index contributed by atoms with van der Waals surface area (Å²) in [7, 11) is 1.59. The maximum atomic E-state index is 14.1. The van der Waals surface area contributed by atoms with Gasteiger partial charge in [-0.1, -0.05) is 6.92 Å². The minimum atomic E-state index is -0.569. The van der Waals surface area contributed by atoms with Gasteiger partial charge in [0.05, 0.1) is 5.56 Å². The largest absolute Gasteiger partial charge is 0.371 e. The van der Waals surface area contributed by atoms with Gasteiger partial charge in [0.15, 0.2) is 11.6 Å². The number of hydrogen-bond acceptors (Lipinski definition) is 3. The first-order chi connectivity index (χ1) is 9.04. The lowest BCUT2D eigenvalue weighted by Crippen LogP contribution is -2.45. The molecule has 1 aromatic heterocycles. The van der Waals surface area contributed by atoms with Crippen molar-refractivity contribution in [2.45, 2.75) is 32.7 Å². The lowest BCUT2D eigenvalue weighted by Gasteiger charge is -2.37. The lowest BCUT2D eigenvalue weighted by molar-refractivity contribution is 0.0569. The van der Waals surface area contributed by atoms with Crippen LogP contribution in [0.15, 0.2) is 12.3 Å². The van der Waals surface area contributed by atoms with Crippen LogP contribution in [-0.4, -0.2) is 35.4 Å². The van der Waals surface area contributed by atoms with Gasteiger partial charge in [0, 0.05) is 25.8 Å². The molecule has 2 unspecified atom stereocenters. The van der Waals surface area contributed by atoms with E-state index in [1.165, 1.54) is 12.3 Å². The summed E-state index contributed by atoms with van der Waals surface area (Å²) in [5.74, 6) is -0.228. The second-order valence-corrected chi connectivity index (χ2v) is 5.26. The van der Waals surface area contributed by atoms with Crippen LogP contribution in [0, 0.1) is 11.7 Å². The number of carbonyl (C=O) groups excluding carboxylic acids is 1. The van der Waals surface area contributed by atoms with Crippen molar-refractivity contribution in [3.05, 3.63) is 23.6 Å². The Hall–Kier alpha value is -1.65. The van der Waals surface area contributed by atoms with E-state index in [0.717, 1.165) is 12.8 Å². The van der Waals surface area contributed by atoms with Gasteiger partial charge < -0.3 is 10.2 Å². The summed E-state index contributed by atoms with van der Waals surface area (Å²) in [5, 5.41) is 2.66. The normalized spacial score (nSPS) is 23.3. The van der Waals surface area contributed by atoms with Crippen molar-refractivity contribution in [1.82, 2.24) is 9.88 Å². The molecule has 1 aliphatic rings. The Morgan fingerprint density at radius 2 is 2.21 bits per heavy atom. The third-order valence-corrected chi connectivity index (χ3v) is 3.73. The standard InChI is InChI=1S/C14H20FN3O/c1-9-4-5-10(2)18(8-9)14(19)11-6-7-17-13(16-3)12(11)15/h6-7,9-10H,4-5,8H2,1-3H3,(H,16,17). The summed E-state index contributed by atoms with van der Waals surface area (Å²) in [6.07, 6.45) is 3.55. The van der Waals surface area contributed by atoms with Gasteiger partial charge in [0.1, 0.15) is 0 Å². The molecule has 0 aliphatic carbocycles. The van der Waals surface area contributed by atoms with Crippen LogP contribution < -0.4 is 5.32 Å². The van der Waals surface area contributed by atoms with Crippen molar-refractivity contribution in [1.29, 1.82) is 0 Å². The summed E-state index contributed by atoms with van der Waals surface area (Å²) < 4.78 is 14.1. The highest BCUT2D eigenvalue weighted by atomic mass is 19.1. The maximum Gasteiger partial charge on any atom is 0.257 e. The Kier molecular flexibility index (Phi) is 4.02. The molecule has 2 rings (SSSR count). The smallest absolute Gasteiger partial charge is 0.257 e. The van der Waals surface area contributed by atoms with E-state index in [1.54, 1.807) is 11.9 Å². The first-order valence-corrected chi connectivity index (χ1v) is 6.67. The Bertz CT molecular complexity index is 478. The van der Waals surface area contributed by atoms with Crippen molar-refractivity contribution < 1.29 is 9.18 Å². The first-order valence-electron chi connectivity index (χ1n) is 6.67. The fourth-order valence-corrected chi connectivity index (χ4v) is 2.51. The quantitative estimate of drug-likeness (QED) is 0.893. The van der Waals surface area contributed by atoms with Crippen LogP contribution in [0.2, 0.25) is 0 Å². The molecule has 2 heterocycles. The molecule has 1 amide bonds. The number of likely N-dealkylation sites (tertiary alicyclic amines) is 1. The van der Waals surface area contributed by atoms with Gasteiger partial charge in [-0.2, -0.15) is 0 Å². The molecule has 19 heavy (non-hydrogen) atoms. The summed E-state index contributed by atoms with van der Waals surface area (Å²) >= 11 is 0. The van der Waals surface area contributed by atoms with Crippen molar-refractivity contribution in [3.63, 3.8) is 0 Å². The molecular weight excluding hydrogens is 245 g/mol. The van der Waals surface area contributed by atoms with E-state index < -0.39 is 5.82 Å². The molecule has 1 aliphatic heterocycles. The minimum absolute atomic E-state index is 0.0975. The number of rotatable bonds is 2. The van der Waals surface area contributed by atoms with Crippen LogP contribution >= 0.6 is 0 Å². The summed E-state index contributed by atoms with van der Waals surface area (Å²) in [6.45, 7) is 4.83. The highest BCUT2D eigenvalue weighted by Crippen LogP contribution is 2.25. The topological polar surface area (TPSA) is 45.2 Å². The number of amides is 1. The highest BCUT2D eigenvalue weighted by molar-refractivity contribution is 5.95. The second-order valence-electron chi connectivity index (χ2n) is 5.26. The summed E-state index contributed by atoms with van der Waals surface area (Å²) in [5.41, 5.74) is 0.0975. The first kappa shape index (κ1) is 13.8. The van der Waals surface area contributed by atoms with E-state index in [1.807, 2.05) is 6.92 Å². The average Bonchev–Trinajstić information content (AvgIpc) is 2.41. The highest BCUT2D eigenvalue weighted by Gasteiger charge is 2.29. The zero-order chi connectivity index (χ0) is 14.0. The van der Waals surface area contributed by atoms with Crippen LogP contribution in [0.3, 0.4) is 0 Å². The van der Waals surface area contributed by atoms with Gasteiger partial charge in [-0.15, -0.1) is 0 Å². The van der Waals surface area contributed by atoms with Crippen LogP contribution in [0.25, 0.3) is 0 Å². The Morgan fingerprint density at radius 1 is 1.47 bits per heavy atom. The van der Waals surface area contributed by atoms with E-state index in [9.17, 15) is 9.18 Å². The number of pyridine rings is 1. The predicted molar refractivity (Wildman–Crippen MR) is 72.6 cm³/mol.